The third-order valence-corrected chi connectivity index (χ3v) is 5.13. The summed E-state index contributed by atoms with van der Waals surface area (Å²) in [5, 5.41) is 39.8. The van der Waals surface area contributed by atoms with Gasteiger partial charge in [-0.05, 0) is 36.4 Å². The highest BCUT2D eigenvalue weighted by Crippen LogP contribution is 2.41. The zero-order valence-corrected chi connectivity index (χ0v) is 20.2. The van der Waals surface area contributed by atoms with Gasteiger partial charge >= 0.3 is 0 Å². The number of benzene rings is 3. The molecule has 0 atom stereocenters. The fourth-order valence-corrected chi connectivity index (χ4v) is 3.27. The fraction of sp³-hybridized carbons (Fsp3) is 0.250. The van der Waals surface area contributed by atoms with Crippen molar-refractivity contribution in [2.24, 2.45) is 25.6 Å². The van der Waals surface area contributed by atoms with Crippen molar-refractivity contribution in [2.75, 3.05) is 45.4 Å². The Morgan fingerprint density at radius 3 is 1.78 bits per heavy atom. The Bertz CT molecular complexity index is 1260. The molecule has 0 saturated heterocycles. The monoisotopic (exact) mass is 507 g/mol. The molecule has 0 aromatic heterocycles. The predicted molar refractivity (Wildman–Crippen MR) is 137 cm³/mol. The van der Waals surface area contributed by atoms with Gasteiger partial charge in [0.25, 0.3) is 5.69 Å². The second-order valence-electron chi connectivity index (χ2n) is 7.45. The van der Waals surface area contributed by atoms with Crippen molar-refractivity contribution < 1.29 is 19.5 Å². The largest absolute Gasteiger partial charge is 0.494 e. The first-order valence-corrected chi connectivity index (χ1v) is 11.1. The molecule has 0 aliphatic carbocycles. The second kappa shape index (κ2) is 13.3. The van der Waals surface area contributed by atoms with Gasteiger partial charge in [-0.1, -0.05) is 5.18 Å². The van der Waals surface area contributed by atoms with Crippen LogP contribution in [0.5, 0.6) is 11.5 Å². The van der Waals surface area contributed by atoms with Crippen LogP contribution in [0.1, 0.15) is 0 Å². The van der Waals surface area contributed by atoms with Crippen LogP contribution in [0.25, 0.3) is 0 Å². The molecule has 0 aliphatic heterocycles. The van der Waals surface area contributed by atoms with Crippen LogP contribution in [-0.4, -0.2) is 50.5 Å². The third-order valence-electron chi connectivity index (χ3n) is 5.13. The number of non-ortho nitro benzene ring substituents is 1. The number of ether oxygens (including phenoxy) is 2. The van der Waals surface area contributed by atoms with Crippen LogP contribution in [0.3, 0.4) is 0 Å². The Balaban J connectivity index is 1.80. The van der Waals surface area contributed by atoms with E-state index in [-0.39, 0.29) is 18.8 Å². The fourth-order valence-electron chi connectivity index (χ4n) is 3.27. The lowest BCUT2D eigenvalue weighted by atomic mass is 10.2. The van der Waals surface area contributed by atoms with Crippen LogP contribution >= 0.6 is 0 Å². The van der Waals surface area contributed by atoms with Gasteiger partial charge in [0.1, 0.15) is 22.9 Å². The number of nitro groups is 1. The van der Waals surface area contributed by atoms with E-state index in [0.717, 1.165) is 5.69 Å². The van der Waals surface area contributed by atoms with E-state index >= 15 is 0 Å². The van der Waals surface area contributed by atoms with Gasteiger partial charge in [-0.2, -0.15) is 15.1 Å². The van der Waals surface area contributed by atoms with Gasteiger partial charge in [-0.3, -0.25) is 10.1 Å². The number of methoxy groups -OCH3 is 2. The van der Waals surface area contributed by atoms with Crippen molar-refractivity contribution >= 4 is 34.1 Å². The van der Waals surface area contributed by atoms with E-state index in [1.807, 2.05) is 17.0 Å². The number of nitrogens with zero attached hydrogens (tertiary/aromatic N) is 7. The third kappa shape index (κ3) is 7.35. The molecule has 3 aromatic rings. The summed E-state index contributed by atoms with van der Waals surface area (Å²) >= 11 is 0. The van der Waals surface area contributed by atoms with Gasteiger partial charge in [0.05, 0.1) is 43.7 Å². The van der Waals surface area contributed by atoms with Crippen molar-refractivity contribution in [3.63, 3.8) is 0 Å². The highest BCUT2D eigenvalue weighted by atomic mass is 16.6. The molecule has 37 heavy (non-hydrogen) atoms. The van der Waals surface area contributed by atoms with Crippen molar-refractivity contribution in [1.82, 2.24) is 0 Å². The maximum absolute atomic E-state index is 10.8. The minimum absolute atomic E-state index is 0.0414. The number of aliphatic hydroxyl groups is 1. The van der Waals surface area contributed by atoms with E-state index in [4.69, 9.17) is 9.47 Å². The average Bonchev–Trinajstić information content (AvgIpc) is 2.93. The Hall–Kier alpha value is -4.78. The van der Waals surface area contributed by atoms with Crippen LogP contribution < -0.4 is 14.4 Å². The molecule has 1 N–H and O–H groups in total. The number of aliphatic hydroxyl groups excluding tert-OH is 1. The maximum atomic E-state index is 10.8. The summed E-state index contributed by atoms with van der Waals surface area (Å²) in [6.45, 7) is 0.842. The lowest BCUT2D eigenvalue weighted by molar-refractivity contribution is -0.384. The van der Waals surface area contributed by atoms with Crippen LogP contribution in [0.15, 0.2) is 86.3 Å². The van der Waals surface area contributed by atoms with E-state index < -0.39 is 4.92 Å². The van der Waals surface area contributed by atoms with E-state index in [1.165, 1.54) is 38.5 Å². The summed E-state index contributed by atoms with van der Waals surface area (Å²) in [6.07, 6.45) is 0. The van der Waals surface area contributed by atoms with Gasteiger partial charge in [0, 0.05) is 43.0 Å². The Labute approximate surface area is 212 Å². The SMILES string of the molecule is COc1cc(N=Nc2ccc([N+](=O)[O-])cc2)c(OC)cc1N=Nc1ccc(N(CCO)CCN=O)cc1. The molecule has 0 aliphatic rings. The number of hydrogen-bond acceptors (Lipinski definition) is 12. The second-order valence-corrected chi connectivity index (χ2v) is 7.45. The van der Waals surface area contributed by atoms with Gasteiger partial charge in [0.15, 0.2) is 0 Å². The van der Waals surface area contributed by atoms with Crippen molar-refractivity contribution in [3.05, 3.63) is 75.7 Å². The Morgan fingerprint density at radius 2 is 1.35 bits per heavy atom. The number of nitroso groups, excluding NO2 is 1. The first-order valence-electron chi connectivity index (χ1n) is 11.1. The number of hydrogen-bond donors (Lipinski definition) is 1. The van der Waals surface area contributed by atoms with Crippen LogP contribution in [0, 0.1) is 15.0 Å². The Kier molecular flexibility index (Phi) is 9.67. The zero-order valence-electron chi connectivity index (χ0n) is 20.2. The standard InChI is InChI=1S/C24H25N7O6/c1-36-23-16-22(29-27-18-5-9-20(10-6-18)31(34)35)24(37-2)15-21(23)28-26-17-3-7-19(8-4-17)30(13-14-32)12-11-25-33/h3-10,15-16,32H,11-14H2,1-2H3. The van der Waals surface area contributed by atoms with Crippen LogP contribution in [0.2, 0.25) is 0 Å². The van der Waals surface area contributed by atoms with E-state index in [0.29, 0.717) is 47.3 Å². The van der Waals surface area contributed by atoms with Crippen molar-refractivity contribution in [2.45, 2.75) is 0 Å². The molecule has 0 fully saturated rings. The first-order chi connectivity index (χ1) is 18.0. The summed E-state index contributed by atoms with van der Waals surface area (Å²) in [4.78, 5) is 22.6. The molecule has 0 saturated carbocycles. The average molecular weight is 508 g/mol. The predicted octanol–water partition coefficient (Wildman–Crippen LogP) is 6.01. The van der Waals surface area contributed by atoms with Crippen LogP contribution in [-0.2, 0) is 0 Å². The molecule has 192 valence electrons. The highest BCUT2D eigenvalue weighted by molar-refractivity contribution is 5.66. The molecule has 13 nitrogen and oxygen atoms in total. The lowest BCUT2D eigenvalue weighted by Crippen LogP contribution is -2.29. The molecule has 3 aromatic carbocycles. The van der Waals surface area contributed by atoms with E-state index in [1.54, 1.807) is 24.3 Å². The van der Waals surface area contributed by atoms with Crippen LogP contribution in [0.4, 0.5) is 34.1 Å². The summed E-state index contributed by atoms with van der Waals surface area (Å²) in [7, 11) is 2.96. The molecule has 0 radical (unpaired) electrons. The number of azo groups is 2. The first kappa shape index (κ1) is 26.8. The Morgan fingerprint density at radius 1 is 0.838 bits per heavy atom. The minimum atomic E-state index is -0.490. The highest BCUT2D eigenvalue weighted by Gasteiger charge is 2.12. The summed E-state index contributed by atoms with van der Waals surface area (Å²) in [6, 6.07) is 16.0. The molecule has 0 bridgehead atoms. The summed E-state index contributed by atoms with van der Waals surface area (Å²) < 4.78 is 10.9. The van der Waals surface area contributed by atoms with Gasteiger partial charge in [-0.15, -0.1) is 10.2 Å². The molecule has 0 amide bonds. The van der Waals surface area contributed by atoms with Crippen molar-refractivity contribution in [1.29, 1.82) is 0 Å². The molecule has 13 heteroatoms. The summed E-state index contributed by atoms with van der Waals surface area (Å²) in [5.74, 6) is 0.758. The van der Waals surface area contributed by atoms with E-state index in [2.05, 4.69) is 25.6 Å². The molecule has 0 unspecified atom stereocenters. The molecular formula is C24H25N7O6. The van der Waals surface area contributed by atoms with Gasteiger partial charge in [0.2, 0.25) is 0 Å². The normalized spacial score (nSPS) is 11.1. The number of rotatable bonds is 13. The van der Waals surface area contributed by atoms with Gasteiger partial charge in [-0.25, -0.2) is 0 Å². The van der Waals surface area contributed by atoms with E-state index in [9.17, 15) is 20.1 Å². The van der Waals surface area contributed by atoms with Crippen molar-refractivity contribution in [3.8, 4) is 11.5 Å². The molecule has 0 spiro atoms. The summed E-state index contributed by atoms with van der Waals surface area (Å²) in [5.41, 5.74) is 2.55. The number of nitro benzene ring substituents is 1. The zero-order chi connectivity index (χ0) is 26.6. The molecular weight excluding hydrogens is 482 g/mol. The molecule has 0 heterocycles. The smallest absolute Gasteiger partial charge is 0.269 e. The number of anilines is 1. The minimum Gasteiger partial charge on any atom is -0.494 e. The maximum Gasteiger partial charge on any atom is 0.269 e. The quantitative estimate of drug-likeness (QED) is 0.128. The molecule has 3 rings (SSSR count). The topological polar surface area (TPSA) is 164 Å². The lowest BCUT2D eigenvalue weighted by Gasteiger charge is -2.22. The van der Waals surface area contributed by atoms with Gasteiger partial charge < -0.3 is 19.5 Å².